The van der Waals surface area contributed by atoms with Crippen LogP contribution in [0.2, 0.25) is 0 Å². The molecule has 14 heavy (non-hydrogen) atoms. The minimum Gasteiger partial charge on any atom is -0.327 e. The van der Waals surface area contributed by atoms with Gasteiger partial charge < -0.3 is 4.52 Å². The summed E-state index contributed by atoms with van der Waals surface area (Å²) in [5.41, 5.74) is 2.21. The summed E-state index contributed by atoms with van der Waals surface area (Å²) in [5, 5.41) is 4.48. The normalized spacial score (nSPS) is 10.4. The maximum atomic E-state index is 5.00. The summed E-state index contributed by atoms with van der Waals surface area (Å²) in [6, 6.07) is 8.05. The first kappa shape index (κ1) is 9.27. The summed E-state index contributed by atoms with van der Waals surface area (Å²) < 4.78 is 5.00. The van der Waals surface area contributed by atoms with E-state index < -0.39 is 0 Å². The molecule has 1 heterocycles. The molecule has 0 N–H and O–H groups in total. The van der Waals surface area contributed by atoms with Gasteiger partial charge in [-0.15, -0.1) is 0 Å². The Kier molecular flexibility index (Phi) is 2.54. The molecule has 0 amide bonds. The van der Waals surface area contributed by atoms with Gasteiger partial charge in [0.15, 0.2) is 0 Å². The number of nitrogens with zero attached hydrogens (tertiary/aromatic N) is 2. The monoisotopic (exact) mass is 206 g/mol. The van der Waals surface area contributed by atoms with E-state index in [0.29, 0.717) is 11.0 Å². The summed E-state index contributed by atoms with van der Waals surface area (Å²) in [7, 11) is 0. The van der Waals surface area contributed by atoms with E-state index in [1.807, 2.05) is 37.4 Å². The second-order valence-corrected chi connectivity index (χ2v) is 3.71. The van der Waals surface area contributed by atoms with Crippen molar-refractivity contribution in [2.45, 2.75) is 12.1 Å². The Balaban J connectivity index is 2.34. The quantitative estimate of drug-likeness (QED) is 0.708. The molecule has 0 aliphatic rings. The highest BCUT2D eigenvalue weighted by Gasteiger charge is 2.06. The molecule has 0 bridgehead atoms. The second-order valence-electron chi connectivity index (χ2n) is 2.95. The summed E-state index contributed by atoms with van der Waals surface area (Å²) >= 11 is 1.45. The zero-order valence-electron chi connectivity index (χ0n) is 8.02. The lowest BCUT2D eigenvalue weighted by atomic mass is 10.1. The van der Waals surface area contributed by atoms with Gasteiger partial charge in [-0.25, -0.2) is 0 Å². The highest BCUT2D eigenvalue weighted by atomic mass is 32.2. The molecule has 0 spiro atoms. The van der Waals surface area contributed by atoms with E-state index in [9.17, 15) is 0 Å². The standard InChI is InChI=1S/C10H10N2OS/c1-7-3-5-8(6-4-7)9-11-10(14-2)13-12-9/h3-6H,1-2H3. The van der Waals surface area contributed by atoms with Gasteiger partial charge in [0.2, 0.25) is 5.82 Å². The average Bonchev–Trinajstić information content (AvgIpc) is 2.67. The van der Waals surface area contributed by atoms with Gasteiger partial charge in [0.25, 0.3) is 5.22 Å². The molecule has 0 aliphatic carbocycles. The molecule has 0 saturated heterocycles. The zero-order valence-corrected chi connectivity index (χ0v) is 8.84. The Labute approximate surface area is 86.5 Å². The van der Waals surface area contributed by atoms with Gasteiger partial charge in [-0.05, 0) is 13.2 Å². The Morgan fingerprint density at radius 2 is 1.93 bits per heavy atom. The lowest BCUT2D eigenvalue weighted by Gasteiger charge is -1.93. The lowest BCUT2D eigenvalue weighted by Crippen LogP contribution is -1.80. The first-order valence-corrected chi connectivity index (χ1v) is 5.47. The molecule has 0 unspecified atom stereocenters. The molecular weight excluding hydrogens is 196 g/mol. The van der Waals surface area contributed by atoms with Gasteiger partial charge in [0, 0.05) is 5.56 Å². The van der Waals surface area contributed by atoms with Gasteiger partial charge in [0.1, 0.15) is 0 Å². The number of aryl methyl sites for hydroxylation is 1. The van der Waals surface area contributed by atoms with Crippen LogP contribution in [0.15, 0.2) is 34.0 Å². The van der Waals surface area contributed by atoms with Crippen LogP contribution in [0.5, 0.6) is 0 Å². The summed E-state index contributed by atoms with van der Waals surface area (Å²) in [5.74, 6) is 0.648. The van der Waals surface area contributed by atoms with Crippen molar-refractivity contribution in [3.8, 4) is 11.4 Å². The van der Waals surface area contributed by atoms with Crippen molar-refractivity contribution in [1.29, 1.82) is 0 Å². The minimum atomic E-state index is 0.598. The number of aromatic nitrogens is 2. The molecule has 2 rings (SSSR count). The molecule has 0 aliphatic heterocycles. The SMILES string of the molecule is CSc1nc(-c2ccc(C)cc2)no1. The maximum Gasteiger partial charge on any atom is 0.285 e. The van der Waals surface area contributed by atoms with E-state index in [2.05, 4.69) is 10.1 Å². The smallest absolute Gasteiger partial charge is 0.285 e. The third kappa shape index (κ3) is 1.80. The Hall–Kier alpha value is -1.29. The Morgan fingerprint density at radius 3 is 2.50 bits per heavy atom. The van der Waals surface area contributed by atoms with Crippen molar-refractivity contribution in [3.05, 3.63) is 29.8 Å². The van der Waals surface area contributed by atoms with E-state index >= 15 is 0 Å². The molecule has 2 aromatic rings. The topological polar surface area (TPSA) is 38.9 Å². The third-order valence-corrected chi connectivity index (χ3v) is 2.41. The van der Waals surface area contributed by atoms with Gasteiger partial charge in [-0.3, -0.25) is 0 Å². The number of thioether (sulfide) groups is 1. The zero-order chi connectivity index (χ0) is 9.97. The predicted molar refractivity (Wildman–Crippen MR) is 56.3 cm³/mol. The molecular formula is C10H10N2OS. The van der Waals surface area contributed by atoms with Crippen LogP contribution >= 0.6 is 11.8 Å². The van der Waals surface area contributed by atoms with Crippen molar-refractivity contribution in [2.24, 2.45) is 0 Å². The fraction of sp³-hybridized carbons (Fsp3) is 0.200. The molecule has 3 nitrogen and oxygen atoms in total. The third-order valence-electron chi connectivity index (χ3n) is 1.89. The molecule has 0 saturated carbocycles. The number of hydrogen-bond donors (Lipinski definition) is 0. The van der Waals surface area contributed by atoms with Gasteiger partial charge in [-0.2, -0.15) is 4.98 Å². The second kappa shape index (κ2) is 3.84. The van der Waals surface area contributed by atoms with E-state index in [0.717, 1.165) is 5.56 Å². The van der Waals surface area contributed by atoms with Crippen LogP contribution in [-0.4, -0.2) is 16.4 Å². The molecule has 4 heteroatoms. The van der Waals surface area contributed by atoms with Crippen LogP contribution in [0.4, 0.5) is 0 Å². The van der Waals surface area contributed by atoms with Crippen molar-refractivity contribution >= 4 is 11.8 Å². The highest BCUT2D eigenvalue weighted by molar-refractivity contribution is 7.98. The van der Waals surface area contributed by atoms with Crippen molar-refractivity contribution in [1.82, 2.24) is 10.1 Å². The Bertz CT molecular complexity index is 422. The fourth-order valence-corrected chi connectivity index (χ4v) is 1.40. The minimum absolute atomic E-state index is 0.598. The van der Waals surface area contributed by atoms with E-state index in [1.54, 1.807) is 0 Å². The van der Waals surface area contributed by atoms with Gasteiger partial charge in [-0.1, -0.05) is 46.7 Å². The van der Waals surface area contributed by atoms with Crippen LogP contribution in [0.3, 0.4) is 0 Å². The first-order chi connectivity index (χ1) is 6.79. The average molecular weight is 206 g/mol. The number of benzene rings is 1. The van der Waals surface area contributed by atoms with Crippen LogP contribution < -0.4 is 0 Å². The van der Waals surface area contributed by atoms with Gasteiger partial charge in [0.05, 0.1) is 0 Å². The molecule has 1 aromatic heterocycles. The lowest BCUT2D eigenvalue weighted by molar-refractivity contribution is 0.341. The number of rotatable bonds is 2. The van der Waals surface area contributed by atoms with Crippen molar-refractivity contribution in [2.75, 3.05) is 6.26 Å². The van der Waals surface area contributed by atoms with Crippen molar-refractivity contribution < 1.29 is 4.52 Å². The summed E-state index contributed by atoms with van der Waals surface area (Å²) in [6.07, 6.45) is 1.91. The van der Waals surface area contributed by atoms with E-state index in [1.165, 1.54) is 17.3 Å². The summed E-state index contributed by atoms with van der Waals surface area (Å²) in [4.78, 5) is 4.21. The van der Waals surface area contributed by atoms with E-state index in [4.69, 9.17) is 4.52 Å². The fourth-order valence-electron chi connectivity index (χ4n) is 1.11. The predicted octanol–water partition coefficient (Wildman–Crippen LogP) is 2.77. The van der Waals surface area contributed by atoms with Crippen LogP contribution in [0.25, 0.3) is 11.4 Å². The summed E-state index contributed by atoms with van der Waals surface area (Å²) in [6.45, 7) is 2.05. The Morgan fingerprint density at radius 1 is 1.21 bits per heavy atom. The molecule has 0 atom stereocenters. The molecule has 0 radical (unpaired) electrons. The van der Waals surface area contributed by atoms with Crippen molar-refractivity contribution in [3.63, 3.8) is 0 Å². The van der Waals surface area contributed by atoms with Crippen LogP contribution in [-0.2, 0) is 0 Å². The van der Waals surface area contributed by atoms with E-state index in [-0.39, 0.29) is 0 Å². The van der Waals surface area contributed by atoms with Crippen LogP contribution in [0, 0.1) is 6.92 Å². The maximum absolute atomic E-state index is 5.00. The largest absolute Gasteiger partial charge is 0.327 e. The molecule has 0 fully saturated rings. The number of hydrogen-bond acceptors (Lipinski definition) is 4. The first-order valence-electron chi connectivity index (χ1n) is 4.24. The van der Waals surface area contributed by atoms with Crippen LogP contribution in [0.1, 0.15) is 5.56 Å². The molecule has 1 aromatic carbocycles. The highest BCUT2D eigenvalue weighted by Crippen LogP contribution is 2.19. The molecule has 72 valence electrons. The van der Waals surface area contributed by atoms with Gasteiger partial charge >= 0.3 is 0 Å².